The van der Waals surface area contributed by atoms with Crippen LogP contribution in [0, 0.1) is 13.8 Å². The van der Waals surface area contributed by atoms with Gasteiger partial charge in [0.2, 0.25) is 0 Å². The zero-order valence-corrected chi connectivity index (χ0v) is 12.9. The Kier molecular flexibility index (Phi) is 3.40. The fraction of sp³-hybridized carbons (Fsp3) is 0.125. The molecule has 1 aromatic heterocycles. The lowest BCUT2D eigenvalue weighted by Crippen LogP contribution is -1.97. The van der Waals surface area contributed by atoms with Gasteiger partial charge in [-0.1, -0.05) is 12.1 Å². The van der Waals surface area contributed by atoms with Crippen molar-refractivity contribution in [3.8, 4) is 0 Å². The fourth-order valence-electron chi connectivity index (χ4n) is 2.33. The van der Waals surface area contributed by atoms with E-state index in [1.807, 2.05) is 18.2 Å². The predicted octanol–water partition coefficient (Wildman–Crippen LogP) is 4.75. The number of aromatic nitrogens is 2. The normalized spacial score (nSPS) is 10.8. The van der Waals surface area contributed by atoms with Crippen molar-refractivity contribution in [3.05, 3.63) is 58.3 Å². The molecule has 0 radical (unpaired) electrons. The molecule has 0 saturated heterocycles. The minimum Gasteiger partial charge on any atom is -0.340 e. The Hall–Kier alpha value is -1.94. The van der Waals surface area contributed by atoms with Crippen LogP contribution in [0.15, 0.2) is 47.2 Å². The molecule has 1 N–H and O–H groups in total. The van der Waals surface area contributed by atoms with Gasteiger partial charge in [0.15, 0.2) is 0 Å². The molecule has 0 aliphatic carbocycles. The molecule has 0 spiro atoms. The summed E-state index contributed by atoms with van der Waals surface area (Å²) in [6.45, 7) is 4.18. The van der Waals surface area contributed by atoms with Gasteiger partial charge < -0.3 is 5.32 Å². The number of aryl methyl sites for hydroxylation is 2. The Morgan fingerprint density at radius 2 is 1.75 bits per heavy atom. The summed E-state index contributed by atoms with van der Waals surface area (Å²) in [5.74, 6) is 0.821. The number of anilines is 2. The van der Waals surface area contributed by atoms with Crippen molar-refractivity contribution < 1.29 is 0 Å². The summed E-state index contributed by atoms with van der Waals surface area (Å²) < 4.78 is 0.973. The Morgan fingerprint density at radius 3 is 2.50 bits per heavy atom. The molecule has 0 atom stereocenters. The average molecular weight is 328 g/mol. The van der Waals surface area contributed by atoms with Crippen LogP contribution in [0.3, 0.4) is 0 Å². The van der Waals surface area contributed by atoms with Crippen molar-refractivity contribution in [2.24, 2.45) is 0 Å². The van der Waals surface area contributed by atoms with Crippen LogP contribution < -0.4 is 5.32 Å². The molecule has 0 bridgehead atoms. The molecule has 3 rings (SSSR count). The van der Waals surface area contributed by atoms with Crippen molar-refractivity contribution in [1.29, 1.82) is 0 Å². The monoisotopic (exact) mass is 327 g/mol. The smallest absolute Gasteiger partial charge is 0.141 e. The largest absolute Gasteiger partial charge is 0.340 e. The number of nitrogens with one attached hydrogen (secondary N) is 1. The molecular formula is C16H14BrN3. The highest BCUT2D eigenvalue weighted by molar-refractivity contribution is 9.10. The first-order valence-electron chi connectivity index (χ1n) is 6.38. The van der Waals surface area contributed by atoms with Crippen molar-refractivity contribution in [2.45, 2.75) is 13.8 Å². The van der Waals surface area contributed by atoms with Gasteiger partial charge in [-0.15, -0.1) is 0 Å². The Labute approximate surface area is 126 Å². The molecule has 4 heteroatoms. The summed E-state index contributed by atoms with van der Waals surface area (Å²) in [6, 6.07) is 12.4. The van der Waals surface area contributed by atoms with Crippen LogP contribution >= 0.6 is 15.9 Å². The molecule has 3 aromatic rings. The lowest BCUT2D eigenvalue weighted by atomic mass is 10.1. The summed E-state index contributed by atoms with van der Waals surface area (Å²) in [7, 11) is 0. The molecule has 0 aliphatic heterocycles. The third-order valence-corrected chi connectivity index (χ3v) is 3.74. The number of para-hydroxylation sites is 1. The van der Waals surface area contributed by atoms with Gasteiger partial charge in [0.05, 0.1) is 5.52 Å². The molecule has 0 unspecified atom stereocenters. The number of fused-ring (bicyclic) bond motifs is 1. The lowest BCUT2D eigenvalue weighted by Gasteiger charge is -2.10. The SMILES string of the molecule is Cc1cc(C)cc(Nc2ncnc3c(Br)cccc23)c1. The zero-order chi connectivity index (χ0) is 14.1. The minimum absolute atomic E-state index is 0.821. The molecule has 2 aromatic carbocycles. The molecular weight excluding hydrogens is 314 g/mol. The Bertz CT molecular complexity index is 764. The van der Waals surface area contributed by atoms with Crippen molar-refractivity contribution >= 4 is 38.3 Å². The van der Waals surface area contributed by atoms with Gasteiger partial charge in [-0.3, -0.25) is 0 Å². The minimum atomic E-state index is 0.821. The molecule has 1 heterocycles. The van der Waals surface area contributed by atoms with Crippen LogP contribution in [0.2, 0.25) is 0 Å². The molecule has 0 saturated carbocycles. The number of halogens is 1. The van der Waals surface area contributed by atoms with Gasteiger partial charge in [-0.2, -0.15) is 0 Å². The van der Waals surface area contributed by atoms with E-state index in [1.54, 1.807) is 6.33 Å². The van der Waals surface area contributed by atoms with Crippen LogP contribution in [0.4, 0.5) is 11.5 Å². The highest BCUT2D eigenvalue weighted by Gasteiger charge is 2.06. The third-order valence-electron chi connectivity index (χ3n) is 3.10. The van der Waals surface area contributed by atoms with Crippen molar-refractivity contribution in [1.82, 2.24) is 9.97 Å². The standard InChI is InChI=1S/C16H14BrN3/c1-10-6-11(2)8-12(7-10)20-16-13-4-3-5-14(17)15(13)18-9-19-16/h3-9H,1-2H3,(H,18,19,20). The average Bonchev–Trinajstić information content (AvgIpc) is 2.39. The maximum absolute atomic E-state index is 4.36. The van der Waals surface area contributed by atoms with Gasteiger partial charge in [-0.05, 0) is 65.2 Å². The van der Waals surface area contributed by atoms with Crippen LogP contribution in [-0.2, 0) is 0 Å². The molecule has 100 valence electrons. The highest BCUT2D eigenvalue weighted by atomic mass is 79.9. The number of hydrogen-bond donors (Lipinski definition) is 1. The van der Waals surface area contributed by atoms with E-state index in [9.17, 15) is 0 Å². The summed E-state index contributed by atoms with van der Waals surface area (Å²) in [6.07, 6.45) is 1.58. The number of hydrogen-bond acceptors (Lipinski definition) is 3. The molecule has 0 aliphatic rings. The maximum atomic E-state index is 4.36. The van der Waals surface area contributed by atoms with E-state index in [0.29, 0.717) is 0 Å². The summed E-state index contributed by atoms with van der Waals surface area (Å²) >= 11 is 3.52. The Morgan fingerprint density at radius 1 is 1.00 bits per heavy atom. The first-order chi connectivity index (χ1) is 9.63. The molecule has 0 fully saturated rings. The molecule has 0 amide bonds. The van der Waals surface area contributed by atoms with Gasteiger partial charge in [0.1, 0.15) is 12.1 Å². The van der Waals surface area contributed by atoms with Crippen LogP contribution in [0.25, 0.3) is 10.9 Å². The molecule has 20 heavy (non-hydrogen) atoms. The van der Waals surface area contributed by atoms with E-state index in [1.165, 1.54) is 11.1 Å². The first-order valence-corrected chi connectivity index (χ1v) is 7.17. The van der Waals surface area contributed by atoms with Crippen LogP contribution in [0.1, 0.15) is 11.1 Å². The summed E-state index contributed by atoms with van der Waals surface area (Å²) in [4.78, 5) is 8.68. The van der Waals surface area contributed by atoms with Gasteiger partial charge in [0, 0.05) is 15.5 Å². The van der Waals surface area contributed by atoms with Gasteiger partial charge in [-0.25, -0.2) is 9.97 Å². The summed E-state index contributed by atoms with van der Waals surface area (Å²) in [5.41, 5.74) is 4.41. The van der Waals surface area contributed by atoms with Gasteiger partial charge in [0.25, 0.3) is 0 Å². The summed E-state index contributed by atoms with van der Waals surface area (Å²) in [5, 5.41) is 4.38. The van der Waals surface area contributed by atoms with E-state index in [4.69, 9.17) is 0 Å². The lowest BCUT2D eigenvalue weighted by molar-refractivity contribution is 1.21. The Balaban J connectivity index is 2.09. The zero-order valence-electron chi connectivity index (χ0n) is 11.3. The van der Waals surface area contributed by atoms with Crippen molar-refractivity contribution in [3.63, 3.8) is 0 Å². The van der Waals surface area contributed by atoms with E-state index in [0.717, 1.165) is 26.9 Å². The van der Waals surface area contributed by atoms with E-state index in [-0.39, 0.29) is 0 Å². The van der Waals surface area contributed by atoms with Gasteiger partial charge >= 0.3 is 0 Å². The quantitative estimate of drug-likeness (QED) is 0.737. The second-order valence-corrected chi connectivity index (χ2v) is 5.71. The number of rotatable bonds is 2. The van der Waals surface area contributed by atoms with E-state index >= 15 is 0 Å². The predicted molar refractivity (Wildman–Crippen MR) is 86.4 cm³/mol. The van der Waals surface area contributed by atoms with E-state index in [2.05, 4.69) is 63.3 Å². The van der Waals surface area contributed by atoms with Crippen LogP contribution in [-0.4, -0.2) is 9.97 Å². The van der Waals surface area contributed by atoms with E-state index < -0.39 is 0 Å². The van der Waals surface area contributed by atoms with Crippen molar-refractivity contribution in [2.75, 3.05) is 5.32 Å². The highest BCUT2D eigenvalue weighted by Crippen LogP contribution is 2.28. The first kappa shape index (κ1) is 13.1. The fourth-order valence-corrected chi connectivity index (χ4v) is 2.80. The maximum Gasteiger partial charge on any atom is 0.141 e. The second-order valence-electron chi connectivity index (χ2n) is 4.86. The van der Waals surface area contributed by atoms with Crippen LogP contribution in [0.5, 0.6) is 0 Å². The molecule has 3 nitrogen and oxygen atoms in total. The number of benzene rings is 2. The topological polar surface area (TPSA) is 37.8 Å². The second kappa shape index (κ2) is 5.21. The number of nitrogens with zero attached hydrogens (tertiary/aromatic N) is 2. The third kappa shape index (κ3) is 2.51.